The van der Waals surface area contributed by atoms with Crippen LogP contribution in [0.1, 0.15) is 19.8 Å². The molecule has 134 valence electrons. The van der Waals surface area contributed by atoms with E-state index in [1.807, 2.05) is 6.92 Å². The van der Waals surface area contributed by atoms with Gasteiger partial charge in [-0.3, -0.25) is 4.79 Å². The van der Waals surface area contributed by atoms with Crippen LogP contribution in [0.25, 0.3) is 0 Å². The van der Waals surface area contributed by atoms with Crippen LogP contribution in [0.3, 0.4) is 0 Å². The van der Waals surface area contributed by atoms with Crippen LogP contribution in [-0.2, 0) is 14.8 Å². The fourth-order valence-corrected chi connectivity index (χ4v) is 4.19. The molecule has 0 saturated carbocycles. The molecule has 1 aromatic carbocycles. The summed E-state index contributed by atoms with van der Waals surface area (Å²) >= 11 is 0. The zero-order valence-corrected chi connectivity index (χ0v) is 14.7. The van der Waals surface area contributed by atoms with E-state index in [1.54, 1.807) is 24.3 Å². The third kappa shape index (κ3) is 4.46. The number of hydrogen-bond donors (Lipinski definition) is 2. The molecule has 2 rings (SSSR count). The summed E-state index contributed by atoms with van der Waals surface area (Å²) in [6.07, 6.45) is 1.04. The molecule has 24 heavy (non-hydrogen) atoms. The monoisotopic (exact) mass is 355 g/mol. The quantitative estimate of drug-likeness (QED) is 0.744. The molecule has 1 aromatic rings. The van der Waals surface area contributed by atoms with Crippen molar-refractivity contribution < 1.29 is 17.9 Å². The highest BCUT2D eigenvalue weighted by Gasteiger charge is 2.31. The van der Waals surface area contributed by atoms with Crippen LogP contribution in [0, 0.1) is 5.92 Å². The van der Waals surface area contributed by atoms with Gasteiger partial charge in [0.1, 0.15) is 5.75 Å². The normalized spacial score (nSPS) is 16.8. The molecule has 0 radical (unpaired) electrons. The fourth-order valence-electron chi connectivity index (χ4n) is 2.72. The van der Waals surface area contributed by atoms with E-state index in [0.717, 1.165) is 0 Å². The molecule has 1 fully saturated rings. The van der Waals surface area contributed by atoms with E-state index in [4.69, 9.17) is 10.5 Å². The lowest BCUT2D eigenvalue weighted by Gasteiger charge is -2.30. The Morgan fingerprint density at radius 2 is 1.92 bits per heavy atom. The lowest BCUT2D eigenvalue weighted by Crippen LogP contribution is -2.43. The molecule has 1 saturated heterocycles. The maximum absolute atomic E-state index is 12.7. The third-order valence-corrected chi connectivity index (χ3v) is 5.95. The lowest BCUT2D eigenvalue weighted by atomic mass is 9.97. The Morgan fingerprint density at radius 1 is 1.29 bits per heavy atom. The number of ether oxygens (including phenoxy) is 1. The predicted octanol–water partition coefficient (Wildman–Crippen LogP) is 0.561. The van der Waals surface area contributed by atoms with Gasteiger partial charge >= 0.3 is 0 Å². The Balaban J connectivity index is 1.98. The largest absolute Gasteiger partial charge is 0.494 e. The van der Waals surface area contributed by atoms with Gasteiger partial charge in [0, 0.05) is 32.1 Å². The molecule has 0 aliphatic carbocycles. The Bertz CT molecular complexity index is 638. The molecule has 1 aliphatic rings. The van der Waals surface area contributed by atoms with E-state index < -0.39 is 10.0 Å². The smallest absolute Gasteiger partial charge is 0.243 e. The minimum absolute atomic E-state index is 0.0430. The fraction of sp³-hybridized carbons (Fsp3) is 0.562. The van der Waals surface area contributed by atoms with Gasteiger partial charge in [-0.25, -0.2) is 8.42 Å². The van der Waals surface area contributed by atoms with E-state index in [0.29, 0.717) is 51.4 Å². The van der Waals surface area contributed by atoms with Crippen molar-refractivity contribution in [2.45, 2.75) is 24.7 Å². The average Bonchev–Trinajstić information content (AvgIpc) is 2.60. The Hall–Kier alpha value is -1.64. The third-order valence-electron chi connectivity index (χ3n) is 4.04. The molecule has 0 spiro atoms. The highest BCUT2D eigenvalue weighted by Crippen LogP contribution is 2.25. The maximum atomic E-state index is 12.7. The van der Waals surface area contributed by atoms with Crippen LogP contribution in [-0.4, -0.2) is 51.4 Å². The number of piperidine rings is 1. The minimum Gasteiger partial charge on any atom is -0.494 e. The average molecular weight is 355 g/mol. The van der Waals surface area contributed by atoms with Crippen molar-refractivity contribution in [2.75, 3.05) is 32.8 Å². The summed E-state index contributed by atoms with van der Waals surface area (Å²) < 4.78 is 32.1. The van der Waals surface area contributed by atoms with Crippen LogP contribution in [0.2, 0.25) is 0 Å². The van der Waals surface area contributed by atoms with Crippen LogP contribution < -0.4 is 15.8 Å². The summed E-state index contributed by atoms with van der Waals surface area (Å²) in [6, 6.07) is 6.42. The Morgan fingerprint density at radius 3 is 2.46 bits per heavy atom. The SMILES string of the molecule is CCOc1ccc(S(=O)(=O)N2CCC(C(=O)NCCN)CC2)cc1. The van der Waals surface area contributed by atoms with Gasteiger partial charge in [-0.2, -0.15) is 4.31 Å². The summed E-state index contributed by atoms with van der Waals surface area (Å²) in [5, 5.41) is 2.76. The number of rotatable bonds is 7. The van der Waals surface area contributed by atoms with Gasteiger partial charge in [0.25, 0.3) is 0 Å². The first kappa shape index (κ1) is 18.7. The van der Waals surface area contributed by atoms with Gasteiger partial charge in [0.15, 0.2) is 0 Å². The first-order chi connectivity index (χ1) is 11.5. The topological polar surface area (TPSA) is 102 Å². The molecular formula is C16H25N3O4S. The van der Waals surface area contributed by atoms with E-state index in [9.17, 15) is 13.2 Å². The zero-order valence-electron chi connectivity index (χ0n) is 13.9. The molecule has 1 heterocycles. The summed E-state index contributed by atoms with van der Waals surface area (Å²) in [6.45, 7) is 3.94. The number of nitrogens with two attached hydrogens (primary N) is 1. The van der Waals surface area contributed by atoms with Gasteiger partial charge in [-0.15, -0.1) is 0 Å². The number of carbonyl (C=O) groups is 1. The molecule has 0 bridgehead atoms. The van der Waals surface area contributed by atoms with Crippen molar-refractivity contribution in [1.82, 2.24) is 9.62 Å². The second kappa shape index (κ2) is 8.46. The van der Waals surface area contributed by atoms with Crippen molar-refractivity contribution in [3.8, 4) is 5.75 Å². The predicted molar refractivity (Wildman–Crippen MR) is 91.2 cm³/mol. The molecule has 7 nitrogen and oxygen atoms in total. The number of nitrogens with zero attached hydrogens (tertiary/aromatic N) is 1. The summed E-state index contributed by atoms with van der Waals surface area (Å²) in [4.78, 5) is 12.2. The summed E-state index contributed by atoms with van der Waals surface area (Å²) in [5.74, 6) is 0.452. The second-order valence-corrected chi connectivity index (χ2v) is 7.60. The van der Waals surface area contributed by atoms with Crippen molar-refractivity contribution in [2.24, 2.45) is 11.7 Å². The zero-order chi connectivity index (χ0) is 17.6. The summed E-state index contributed by atoms with van der Waals surface area (Å²) in [7, 11) is -3.53. The lowest BCUT2D eigenvalue weighted by molar-refractivity contribution is -0.126. The van der Waals surface area contributed by atoms with Crippen molar-refractivity contribution in [1.29, 1.82) is 0 Å². The highest BCUT2D eigenvalue weighted by molar-refractivity contribution is 7.89. The Labute approximate surface area is 143 Å². The van der Waals surface area contributed by atoms with Gasteiger partial charge in [-0.05, 0) is 44.0 Å². The first-order valence-electron chi connectivity index (χ1n) is 8.19. The first-order valence-corrected chi connectivity index (χ1v) is 9.63. The second-order valence-electron chi connectivity index (χ2n) is 5.66. The van der Waals surface area contributed by atoms with Crippen molar-refractivity contribution >= 4 is 15.9 Å². The van der Waals surface area contributed by atoms with Crippen LogP contribution in [0.15, 0.2) is 29.2 Å². The molecule has 0 aromatic heterocycles. The van der Waals surface area contributed by atoms with Gasteiger partial charge in [-0.1, -0.05) is 0 Å². The molecule has 1 amide bonds. The standard InChI is InChI=1S/C16H25N3O4S/c1-2-23-14-3-5-15(6-4-14)24(21,22)19-11-7-13(8-12-19)16(20)18-10-9-17/h3-6,13H,2,7-12,17H2,1H3,(H,18,20). The van der Waals surface area contributed by atoms with Crippen molar-refractivity contribution in [3.05, 3.63) is 24.3 Å². The maximum Gasteiger partial charge on any atom is 0.243 e. The molecule has 3 N–H and O–H groups in total. The molecule has 0 atom stereocenters. The van der Waals surface area contributed by atoms with E-state index in [-0.39, 0.29) is 16.7 Å². The van der Waals surface area contributed by atoms with Gasteiger partial charge in [0.05, 0.1) is 11.5 Å². The van der Waals surface area contributed by atoms with Crippen LogP contribution in [0.5, 0.6) is 5.75 Å². The van der Waals surface area contributed by atoms with E-state index >= 15 is 0 Å². The number of nitrogens with one attached hydrogen (secondary N) is 1. The molecule has 1 aliphatic heterocycles. The number of carbonyl (C=O) groups excluding carboxylic acids is 1. The molecule has 0 unspecified atom stereocenters. The number of amides is 1. The Kier molecular flexibility index (Phi) is 6.59. The van der Waals surface area contributed by atoms with E-state index in [2.05, 4.69) is 5.32 Å². The molecule has 8 heteroatoms. The van der Waals surface area contributed by atoms with Gasteiger partial charge < -0.3 is 15.8 Å². The van der Waals surface area contributed by atoms with Crippen LogP contribution >= 0.6 is 0 Å². The minimum atomic E-state index is -3.53. The number of sulfonamides is 1. The highest BCUT2D eigenvalue weighted by atomic mass is 32.2. The molecular weight excluding hydrogens is 330 g/mol. The summed E-state index contributed by atoms with van der Waals surface area (Å²) in [5.41, 5.74) is 5.37. The number of hydrogen-bond acceptors (Lipinski definition) is 5. The number of benzene rings is 1. The van der Waals surface area contributed by atoms with E-state index in [1.165, 1.54) is 4.31 Å². The van der Waals surface area contributed by atoms with Crippen LogP contribution in [0.4, 0.5) is 0 Å². The van der Waals surface area contributed by atoms with Crippen molar-refractivity contribution in [3.63, 3.8) is 0 Å². The van der Waals surface area contributed by atoms with Gasteiger partial charge in [0.2, 0.25) is 15.9 Å².